The highest BCUT2D eigenvalue weighted by Gasteiger charge is 2.64. The molecule has 1 fully saturated rings. The first kappa shape index (κ1) is 29.0. The second-order valence-corrected chi connectivity index (χ2v) is 8.96. The molecular formula is C27H20N2O12. The van der Waals surface area contributed by atoms with Gasteiger partial charge in [-0.25, -0.2) is 4.79 Å². The number of nitrogens with one attached hydrogen (secondary N) is 1. The van der Waals surface area contributed by atoms with Gasteiger partial charge in [-0.3, -0.25) is 43.1 Å². The number of ether oxygens (including phenoxy) is 1. The maximum absolute atomic E-state index is 13.8. The number of carbonyl (C=O) groups excluding carboxylic acids is 6. The van der Waals surface area contributed by atoms with E-state index in [1.165, 1.54) is 24.3 Å². The Morgan fingerprint density at radius 2 is 1.46 bits per heavy atom. The first-order valence-corrected chi connectivity index (χ1v) is 11.8. The van der Waals surface area contributed by atoms with Crippen LogP contribution >= 0.6 is 0 Å². The second kappa shape index (κ2) is 11.2. The van der Waals surface area contributed by atoms with Gasteiger partial charge in [0, 0.05) is 45.6 Å². The lowest BCUT2D eigenvalue weighted by molar-refractivity contribution is -0.0924. The highest BCUT2D eigenvalue weighted by Crippen LogP contribution is 2.41. The molecule has 41 heavy (non-hydrogen) atoms. The van der Waals surface area contributed by atoms with Crippen LogP contribution in [-0.4, -0.2) is 85.5 Å². The molecule has 0 radical (unpaired) electrons. The fourth-order valence-corrected chi connectivity index (χ4v) is 4.70. The SMILES string of the molecule is O=Cc1cccc(C(=O)[C@H](O)[C@H]2O[C@@H](n3ccc(=O)[nH]c3=O)[C@H](O)[C@@]2(O)C(=O)c2cccc(C=O)c2C=O)c1C=O. The van der Waals surface area contributed by atoms with Gasteiger partial charge in [-0.05, 0) is 0 Å². The van der Waals surface area contributed by atoms with Crippen LogP contribution in [0.5, 0.6) is 0 Å². The van der Waals surface area contributed by atoms with E-state index in [1.54, 1.807) is 0 Å². The number of aliphatic hydroxyl groups is 3. The Hall–Kier alpha value is -5.02. The number of ketones is 2. The van der Waals surface area contributed by atoms with Gasteiger partial charge in [0.25, 0.3) is 5.56 Å². The molecule has 0 spiro atoms. The number of H-pyrrole nitrogens is 1. The Bertz CT molecular complexity index is 1710. The third-order valence-corrected chi connectivity index (χ3v) is 6.76. The largest absolute Gasteiger partial charge is 0.385 e. The number of carbonyl (C=O) groups is 6. The van der Waals surface area contributed by atoms with E-state index in [4.69, 9.17) is 4.74 Å². The van der Waals surface area contributed by atoms with E-state index in [0.29, 0.717) is 4.57 Å². The number of rotatable bonds is 10. The number of benzene rings is 2. The van der Waals surface area contributed by atoms with Crippen molar-refractivity contribution in [1.82, 2.24) is 9.55 Å². The molecule has 210 valence electrons. The fraction of sp³-hybridized carbons (Fsp3) is 0.185. The van der Waals surface area contributed by atoms with Crippen molar-refractivity contribution in [2.45, 2.75) is 30.1 Å². The average Bonchev–Trinajstić information content (AvgIpc) is 3.25. The minimum atomic E-state index is -3.27. The third-order valence-electron chi connectivity index (χ3n) is 6.76. The fourth-order valence-electron chi connectivity index (χ4n) is 4.70. The van der Waals surface area contributed by atoms with Gasteiger partial charge in [-0.15, -0.1) is 0 Å². The topological polar surface area (TPSA) is 227 Å². The van der Waals surface area contributed by atoms with Crippen molar-refractivity contribution in [3.8, 4) is 0 Å². The van der Waals surface area contributed by atoms with Crippen LogP contribution in [0.2, 0.25) is 0 Å². The van der Waals surface area contributed by atoms with Gasteiger partial charge in [0.1, 0.15) is 18.3 Å². The summed E-state index contributed by atoms with van der Waals surface area (Å²) in [6, 6.07) is 7.79. The maximum Gasteiger partial charge on any atom is 0.330 e. The molecule has 5 atom stereocenters. The van der Waals surface area contributed by atoms with Crippen molar-refractivity contribution >= 4 is 36.7 Å². The molecule has 1 aliphatic rings. The van der Waals surface area contributed by atoms with E-state index in [1.807, 2.05) is 4.98 Å². The highest BCUT2D eigenvalue weighted by molar-refractivity contribution is 6.12. The molecule has 4 N–H and O–H groups in total. The summed E-state index contributed by atoms with van der Waals surface area (Å²) in [5, 5.41) is 34.1. The standard InChI is InChI=1S/C27H20N2O12/c30-9-13-3-1-5-15(17(13)11-32)20(35)21(36)24-27(40,22(37)16-6-2-4-14(10-31)18(16)12-33)23(38)25(41-24)29-8-7-19(34)28-26(29)39/h1-12,21,23-25,36,38,40H,(H,28,34,39)/t21-,23-,24+,25+,27-/m0/s1. The van der Waals surface area contributed by atoms with Gasteiger partial charge < -0.3 is 20.1 Å². The van der Waals surface area contributed by atoms with Crippen LogP contribution in [0, 0.1) is 0 Å². The minimum Gasteiger partial charge on any atom is -0.385 e. The monoisotopic (exact) mass is 564 g/mol. The number of aldehydes is 4. The van der Waals surface area contributed by atoms with Crippen molar-refractivity contribution in [3.05, 3.63) is 103 Å². The van der Waals surface area contributed by atoms with Crippen LogP contribution < -0.4 is 11.2 Å². The normalized spacial score (nSPS) is 22.5. The molecule has 0 aliphatic carbocycles. The van der Waals surface area contributed by atoms with Gasteiger partial charge in [-0.1, -0.05) is 36.4 Å². The maximum atomic E-state index is 13.8. The van der Waals surface area contributed by atoms with Crippen molar-refractivity contribution < 1.29 is 48.8 Å². The predicted molar refractivity (Wildman–Crippen MR) is 135 cm³/mol. The van der Waals surface area contributed by atoms with Crippen LogP contribution in [0.1, 0.15) is 68.4 Å². The van der Waals surface area contributed by atoms with Crippen molar-refractivity contribution in [3.63, 3.8) is 0 Å². The summed E-state index contributed by atoms with van der Waals surface area (Å²) >= 11 is 0. The van der Waals surface area contributed by atoms with Crippen molar-refractivity contribution in [1.29, 1.82) is 0 Å². The first-order valence-electron chi connectivity index (χ1n) is 11.8. The van der Waals surface area contributed by atoms with Crippen molar-refractivity contribution in [2.24, 2.45) is 0 Å². The molecule has 1 saturated heterocycles. The summed E-state index contributed by atoms with van der Waals surface area (Å²) in [5.41, 5.74) is -7.73. The minimum absolute atomic E-state index is 0.143. The van der Waals surface area contributed by atoms with Crippen LogP contribution in [-0.2, 0) is 4.74 Å². The zero-order valence-electron chi connectivity index (χ0n) is 20.7. The summed E-state index contributed by atoms with van der Waals surface area (Å²) < 4.78 is 6.11. The molecule has 0 saturated carbocycles. The zero-order valence-corrected chi connectivity index (χ0v) is 20.7. The Balaban J connectivity index is 1.90. The molecule has 14 heteroatoms. The number of Topliss-reactive ketones (excluding diaryl/α,β-unsaturated/α-hetero) is 2. The molecule has 2 aromatic carbocycles. The predicted octanol–water partition coefficient (Wildman–Crippen LogP) is -1.10. The van der Waals surface area contributed by atoms with E-state index in [2.05, 4.69) is 0 Å². The molecule has 2 heterocycles. The Labute approximate surface area is 228 Å². The van der Waals surface area contributed by atoms with Crippen LogP contribution in [0.25, 0.3) is 0 Å². The number of hydrogen-bond donors (Lipinski definition) is 4. The summed E-state index contributed by atoms with van der Waals surface area (Å²) in [7, 11) is 0. The molecule has 0 bridgehead atoms. The lowest BCUT2D eigenvalue weighted by Crippen LogP contribution is -2.59. The number of nitrogens with zero attached hydrogens (tertiary/aromatic N) is 1. The Kier molecular flexibility index (Phi) is 7.93. The average molecular weight is 564 g/mol. The van der Waals surface area contributed by atoms with Gasteiger partial charge in [0.05, 0.1) is 0 Å². The molecule has 14 nitrogen and oxygen atoms in total. The van der Waals surface area contributed by atoms with Gasteiger partial charge >= 0.3 is 5.69 Å². The van der Waals surface area contributed by atoms with Gasteiger partial charge in [0.15, 0.2) is 42.8 Å². The third kappa shape index (κ3) is 4.70. The lowest BCUT2D eigenvalue weighted by atomic mass is 9.79. The van der Waals surface area contributed by atoms with Crippen LogP contribution in [0.15, 0.2) is 58.3 Å². The summed E-state index contributed by atoms with van der Waals surface area (Å²) in [4.78, 5) is 99.3. The summed E-state index contributed by atoms with van der Waals surface area (Å²) in [6.45, 7) is 0. The molecule has 1 aliphatic heterocycles. The van der Waals surface area contributed by atoms with E-state index < -0.39 is 75.2 Å². The summed E-state index contributed by atoms with van der Waals surface area (Å²) in [6.07, 6.45) is -7.57. The summed E-state index contributed by atoms with van der Waals surface area (Å²) in [5.74, 6) is -2.78. The van der Waals surface area contributed by atoms with Gasteiger partial charge in [-0.2, -0.15) is 0 Å². The lowest BCUT2D eigenvalue weighted by Gasteiger charge is -2.32. The number of hydrogen-bond acceptors (Lipinski definition) is 12. The van der Waals surface area contributed by atoms with Gasteiger partial charge in [0.2, 0.25) is 5.78 Å². The molecule has 3 aromatic rings. The number of aromatic amines is 1. The Morgan fingerprint density at radius 3 is 2.00 bits per heavy atom. The number of aliphatic hydroxyl groups excluding tert-OH is 2. The number of aromatic nitrogens is 2. The Morgan fingerprint density at radius 1 is 0.902 bits per heavy atom. The molecule has 0 amide bonds. The van der Waals surface area contributed by atoms with Crippen molar-refractivity contribution in [2.75, 3.05) is 0 Å². The zero-order chi connectivity index (χ0) is 30.1. The highest BCUT2D eigenvalue weighted by atomic mass is 16.6. The molecule has 4 rings (SSSR count). The molecule has 1 aromatic heterocycles. The second-order valence-electron chi connectivity index (χ2n) is 8.96. The van der Waals surface area contributed by atoms with E-state index in [9.17, 15) is 53.7 Å². The van der Waals surface area contributed by atoms with Crippen LogP contribution in [0.3, 0.4) is 0 Å². The van der Waals surface area contributed by atoms with E-state index in [-0.39, 0.29) is 36.3 Å². The molecular weight excluding hydrogens is 544 g/mol. The van der Waals surface area contributed by atoms with E-state index >= 15 is 0 Å². The van der Waals surface area contributed by atoms with Crippen LogP contribution in [0.4, 0.5) is 0 Å². The molecule has 0 unspecified atom stereocenters. The van der Waals surface area contributed by atoms with E-state index in [0.717, 1.165) is 24.4 Å². The quantitative estimate of drug-likeness (QED) is 0.170. The smallest absolute Gasteiger partial charge is 0.330 e. The first-order chi connectivity index (χ1) is 19.5.